The lowest BCUT2D eigenvalue weighted by Gasteiger charge is -2.33. The van der Waals surface area contributed by atoms with E-state index in [9.17, 15) is 14.7 Å². The lowest BCUT2D eigenvalue weighted by Crippen LogP contribution is -2.47. The van der Waals surface area contributed by atoms with Crippen molar-refractivity contribution in [2.24, 2.45) is 5.92 Å². The number of aryl methyl sites for hydroxylation is 1. The van der Waals surface area contributed by atoms with Gasteiger partial charge in [-0.2, -0.15) is 5.10 Å². The first-order chi connectivity index (χ1) is 14.5. The smallest absolute Gasteiger partial charge is 0.271 e. The second kappa shape index (κ2) is 9.47. The average Bonchev–Trinajstić information content (AvgIpc) is 3.30. The van der Waals surface area contributed by atoms with Crippen LogP contribution >= 0.6 is 0 Å². The van der Waals surface area contributed by atoms with Gasteiger partial charge >= 0.3 is 0 Å². The minimum Gasteiger partial charge on any atom is -0.393 e. The van der Waals surface area contributed by atoms with Gasteiger partial charge in [0.1, 0.15) is 5.69 Å². The van der Waals surface area contributed by atoms with Gasteiger partial charge in [0.2, 0.25) is 5.91 Å². The fourth-order valence-corrected chi connectivity index (χ4v) is 4.76. The van der Waals surface area contributed by atoms with Crippen LogP contribution < -0.4 is 5.32 Å². The van der Waals surface area contributed by atoms with Crippen LogP contribution in [0.2, 0.25) is 0 Å². The van der Waals surface area contributed by atoms with E-state index in [0.717, 1.165) is 31.8 Å². The van der Waals surface area contributed by atoms with E-state index in [1.807, 2.05) is 18.0 Å². The van der Waals surface area contributed by atoms with Crippen LogP contribution in [0, 0.1) is 5.92 Å². The summed E-state index contributed by atoms with van der Waals surface area (Å²) in [6.07, 6.45) is 8.04. The lowest BCUT2D eigenvalue weighted by molar-refractivity contribution is -0.134. The molecule has 30 heavy (non-hydrogen) atoms. The zero-order chi connectivity index (χ0) is 21.1. The van der Waals surface area contributed by atoms with Crippen LogP contribution in [0.1, 0.15) is 62.4 Å². The summed E-state index contributed by atoms with van der Waals surface area (Å²) in [7, 11) is 0. The number of nitrogens with zero attached hydrogens (tertiary/aromatic N) is 4. The van der Waals surface area contributed by atoms with Gasteiger partial charge in [-0.25, -0.2) is 0 Å². The van der Waals surface area contributed by atoms with E-state index in [0.29, 0.717) is 44.6 Å². The highest BCUT2D eigenvalue weighted by Crippen LogP contribution is 2.35. The molecule has 3 heterocycles. The van der Waals surface area contributed by atoms with Crippen LogP contribution in [-0.2, 0) is 11.3 Å². The van der Waals surface area contributed by atoms with Crippen LogP contribution in [0.4, 0.5) is 0 Å². The Kier molecular flexibility index (Phi) is 6.73. The Morgan fingerprint density at radius 2 is 1.87 bits per heavy atom. The highest BCUT2D eigenvalue weighted by molar-refractivity contribution is 5.92. The van der Waals surface area contributed by atoms with Crippen LogP contribution in [0.15, 0.2) is 12.3 Å². The number of piperidine rings is 1. The number of hydrogen-bond donors (Lipinski definition) is 2. The zero-order valence-electron chi connectivity index (χ0n) is 18.0. The van der Waals surface area contributed by atoms with Crippen molar-refractivity contribution in [3.05, 3.63) is 18.0 Å². The van der Waals surface area contributed by atoms with Crippen molar-refractivity contribution < 1.29 is 14.7 Å². The third-order valence-electron chi connectivity index (χ3n) is 6.86. The molecule has 1 aromatic rings. The average molecular weight is 418 g/mol. The molecular weight excluding hydrogens is 382 g/mol. The molecule has 8 nitrogen and oxygen atoms in total. The molecule has 0 spiro atoms. The van der Waals surface area contributed by atoms with Gasteiger partial charge in [-0.05, 0) is 57.4 Å². The summed E-state index contributed by atoms with van der Waals surface area (Å²) in [6.45, 7) is 5.71. The van der Waals surface area contributed by atoms with E-state index in [-0.39, 0.29) is 30.0 Å². The normalized spacial score (nSPS) is 25.6. The van der Waals surface area contributed by atoms with Gasteiger partial charge in [0.25, 0.3) is 5.91 Å². The number of aliphatic hydroxyl groups is 1. The molecule has 8 heteroatoms. The molecule has 1 aliphatic carbocycles. The number of aromatic nitrogens is 2. The maximum atomic E-state index is 12.8. The van der Waals surface area contributed by atoms with Gasteiger partial charge in [0.15, 0.2) is 0 Å². The molecule has 2 atom stereocenters. The Hall–Kier alpha value is -1.93. The van der Waals surface area contributed by atoms with Crippen LogP contribution in [0.3, 0.4) is 0 Å². The molecule has 3 aliphatic rings. The van der Waals surface area contributed by atoms with Gasteiger partial charge < -0.3 is 15.3 Å². The quantitative estimate of drug-likeness (QED) is 0.664. The number of likely N-dealkylation sites (tertiary alicyclic amines) is 2. The fourth-order valence-electron chi connectivity index (χ4n) is 4.76. The second-order valence-electron chi connectivity index (χ2n) is 9.11. The topological polar surface area (TPSA) is 90.7 Å². The van der Waals surface area contributed by atoms with E-state index in [4.69, 9.17) is 0 Å². The van der Waals surface area contributed by atoms with Crippen LogP contribution in [-0.4, -0.2) is 80.9 Å². The molecule has 2 N–H and O–H groups in total. The van der Waals surface area contributed by atoms with Gasteiger partial charge in [-0.15, -0.1) is 0 Å². The van der Waals surface area contributed by atoms with Gasteiger partial charge in [0.05, 0.1) is 6.10 Å². The van der Waals surface area contributed by atoms with Gasteiger partial charge in [-0.1, -0.05) is 0 Å². The molecule has 1 aromatic heterocycles. The van der Waals surface area contributed by atoms with Crippen molar-refractivity contribution in [2.45, 2.75) is 76.6 Å². The highest BCUT2D eigenvalue weighted by atomic mass is 16.3. The zero-order valence-corrected chi connectivity index (χ0v) is 18.0. The third kappa shape index (κ3) is 5.21. The summed E-state index contributed by atoms with van der Waals surface area (Å²) < 4.78 is 1.76. The Balaban J connectivity index is 1.32. The first kappa shape index (κ1) is 21.3. The summed E-state index contributed by atoms with van der Waals surface area (Å²) in [5.41, 5.74) is 0.461. The molecular formula is C22H35N5O3. The first-order valence-corrected chi connectivity index (χ1v) is 11.6. The SMILES string of the molecule is CCn1ccc(C(=O)NC[C@@H]2CC[C@H](CC(=O)N3CCC(O)CC3)N2CC2CC2)n1. The number of carbonyl (C=O) groups is 2. The van der Waals surface area contributed by atoms with E-state index in [1.54, 1.807) is 10.7 Å². The van der Waals surface area contributed by atoms with Crippen molar-refractivity contribution in [2.75, 3.05) is 26.2 Å². The van der Waals surface area contributed by atoms with Crippen molar-refractivity contribution in [1.82, 2.24) is 24.9 Å². The van der Waals surface area contributed by atoms with Crippen molar-refractivity contribution in [1.29, 1.82) is 0 Å². The number of carbonyl (C=O) groups excluding carboxylic acids is 2. The summed E-state index contributed by atoms with van der Waals surface area (Å²) >= 11 is 0. The van der Waals surface area contributed by atoms with Gasteiger partial charge in [-0.3, -0.25) is 19.2 Å². The molecule has 1 saturated carbocycles. The summed E-state index contributed by atoms with van der Waals surface area (Å²) in [6, 6.07) is 2.29. The predicted molar refractivity (Wildman–Crippen MR) is 113 cm³/mol. The number of aliphatic hydroxyl groups excluding tert-OH is 1. The Morgan fingerprint density at radius 3 is 2.53 bits per heavy atom. The molecule has 4 rings (SSSR count). The second-order valence-corrected chi connectivity index (χ2v) is 9.11. The third-order valence-corrected chi connectivity index (χ3v) is 6.86. The standard InChI is InChI=1S/C22H35N5O3/c1-2-26-12-9-20(24-26)22(30)23-14-18-6-5-17(27(18)15-16-3-4-16)13-21(29)25-10-7-19(28)8-11-25/h9,12,16-19,28H,2-8,10-11,13-15H2,1H3,(H,23,30)/t17-,18+/m1/s1. The largest absolute Gasteiger partial charge is 0.393 e. The Bertz CT molecular complexity index is 739. The first-order valence-electron chi connectivity index (χ1n) is 11.6. The Morgan fingerprint density at radius 1 is 1.13 bits per heavy atom. The molecule has 0 aromatic carbocycles. The number of rotatable bonds is 8. The predicted octanol–water partition coefficient (Wildman–Crippen LogP) is 1.25. The van der Waals surface area contributed by atoms with Crippen LogP contribution in [0.5, 0.6) is 0 Å². The molecule has 0 unspecified atom stereocenters. The van der Waals surface area contributed by atoms with E-state index in [2.05, 4.69) is 15.3 Å². The van der Waals surface area contributed by atoms with E-state index in [1.165, 1.54) is 12.8 Å². The molecule has 3 fully saturated rings. The van der Waals surface area contributed by atoms with Gasteiger partial charge in [0, 0.05) is 57.4 Å². The maximum Gasteiger partial charge on any atom is 0.271 e. The fraction of sp³-hybridized carbons (Fsp3) is 0.773. The molecule has 2 saturated heterocycles. The van der Waals surface area contributed by atoms with Crippen molar-refractivity contribution in [3.63, 3.8) is 0 Å². The molecule has 0 radical (unpaired) electrons. The lowest BCUT2D eigenvalue weighted by atomic mass is 10.1. The van der Waals surface area contributed by atoms with E-state index < -0.39 is 0 Å². The molecule has 2 amide bonds. The monoisotopic (exact) mass is 417 g/mol. The highest BCUT2D eigenvalue weighted by Gasteiger charge is 2.38. The number of amides is 2. The molecule has 0 bridgehead atoms. The van der Waals surface area contributed by atoms with Crippen molar-refractivity contribution in [3.8, 4) is 0 Å². The summed E-state index contributed by atoms with van der Waals surface area (Å²) in [5.74, 6) is 0.826. The number of hydrogen-bond acceptors (Lipinski definition) is 5. The van der Waals surface area contributed by atoms with E-state index >= 15 is 0 Å². The molecule has 166 valence electrons. The minimum atomic E-state index is -0.261. The van der Waals surface area contributed by atoms with Crippen molar-refractivity contribution >= 4 is 11.8 Å². The number of nitrogens with one attached hydrogen (secondary N) is 1. The summed E-state index contributed by atoms with van der Waals surface area (Å²) in [4.78, 5) is 29.7. The van der Waals surface area contributed by atoms with Crippen LogP contribution in [0.25, 0.3) is 0 Å². The molecule has 2 aliphatic heterocycles. The minimum absolute atomic E-state index is 0.125. The maximum absolute atomic E-state index is 12.8. The Labute approximate surface area is 178 Å². The summed E-state index contributed by atoms with van der Waals surface area (Å²) in [5, 5.41) is 17.0.